The minimum atomic E-state index is 0.149. The van der Waals surface area contributed by atoms with E-state index in [-0.39, 0.29) is 5.54 Å². The molecule has 3 heteroatoms. The summed E-state index contributed by atoms with van der Waals surface area (Å²) in [6.45, 7) is 14.6. The lowest BCUT2D eigenvalue weighted by Gasteiger charge is -2.36. The van der Waals surface area contributed by atoms with Gasteiger partial charge >= 0.3 is 0 Å². The predicted octanol–water partition coefficient (Wildman–Crippen LogP) is 4.62. The van der Waals surface area contributed by atoms with Gasteiger partial charge in [0.1, 0.15) is 5.82 Å². The van der Waals surface area contributed by atoms with E-state index >= 15 is 0 Å². The zero-order valence-electron chi connectivity index (χ0n) is 14.7. The van der Waals surface area contributed by atoms with Crippen LogP contribution in [-0.4, -0.2) is 15.5 Å². The average Bonchev–Trinajstić information content (AvgIpc) is 2.83. The molecule has 3 nitrogen and oxygen atoms in total. The van der Waals surface area contributed by atoms with Crippen LogP contribution in [0, 0.1) is 11.3 Å². The lowest BCUT2D eigenvalue weighted by Crippen LogP contribution is -2.35. The summed E-state index contributed by atoms with van der Waals surface area (Å²) < 4.78 is 0. The van der Waals surface area contributed by atoms with Crippen LogP contribution in [0.25, 0.3) is 0 Å². The first-order chi connectivity index (χ1) is 9.65. The zero-order valence-corrected chi connectivity index (χ0v) is 14.7. The molecule has 1 aliphatic carbocycles. The van der Waals surface area contributed by atoms with Crippen molar-refractivity contribution in [1.29, 1.82) is 0 Å². The van der Waals surface area contributed by atoms with Crippen LogP contribution in [0.4, 0.5) is 0 Å². The molecule has 0 radical (unpaired) electrons. The van der Waals surface area contributed by atoms with E-state index in [2.05, 4.69) is 56.8 Å². The first-order valence-corrected chi connectivity index (χ1v) is 8.44. The van der Waals surface area contributed by atoms with Crippen molar-refractivity contribution in [3.8, 4) is 0 Å². The molecular formula is C18H33N3. The van der Waals surface area contributed by atoms with Gasteiger partial charge in [-0.1, -0.05) is 20.8 Å². The summed E-state index contributed by atoms with van der Waals surface area (Å²) in [5.74, 6) is 2.70. The molecule has 1 aliphatic rings. The normalized spacial score (nSPS) is 24.3. The summed E-state index contributed by atoms with van der Waals surface area (Å²) in [7, 11) is 0. The Bertz CT molecular complexity index is 440. The predicted molar refractivity (Wildman–Crippen MR) is 89.3 cm³/mol. The Morgan fingerprint density at radius 1 is 1.10 bits per heavy atom. The summed E-state index contributed by atoms with van der Waals surface area (Å²) in [6.07, 6.45) is 7.24. The fourth-order valence-electron chi connectivity index (χ4n) is 3.27. The van der Waals surface area contributed by atoms with E-state index < -0.39 is 0 Å². The lowest BCUT2D eigenvalue weighted by atomic mass is 9.70. The maximum Gasteiger partial charge on any atom is 0.109 e. The van der Waals surface area contributed by atoms with Crippen molar-refractivity contribution in [3.63, 3.8) is 0 Å². The van der Waals surface area contributed by atoms with Gasteiger partial charge in [0, 0.05) is 29.9 Å². The molecular weight excluding hydrogens is 258 g/mol. The molecule has 0 aliphatic heterocycles. The minimum Gasteiger partial charge on any atom is -0.345 e. The van der Waals surface area contributed by atoms with Crippen molar-refractivity contribution in [1.82, 2.24) is 15.3 Å². The van der Waals surface area contributed by atoms with Crippen molar-refractivity contribution in [3.05, 3.63) is 17.7 Å². The van der Waals surface area contributed by atoms with Crippen LogP contribution in [0.5, 0.6) is 0 Å². The lowest BCUT2D eigenvalue weighted by molar-refractivity contribution is 0.167. The summed E-state index contributed by atoms with van der Waals surface area (Å²) in [4.78, 5) is 8.17. The van der Waals surface area contributed by atoms with E-state index in [1.807, 2.05) is 6.20 Å². The number of hydrogen-bond donors (Lipinski definition) is 2. The molecule has 1 heterocycles. The van der Waals surface area contributed by atoms with Gasteiger partial charge in [0.15, 0.2) is 0 Å². The highest BCUT2D eigenvalue weighted by Crippen LogP contribution is 2.42. The molecule has 0 amide bonds. The van der Waals surface area contributed by atoms with E-state index in [1.165, 1.54) is 37.2 Å². The molecule has 1 aromatic heterocycles. The molecule has 120 valence electrons. The smallest absolute Gasteiger partial charge is 0.109 e. The Balaban J connectivity index is 1.88. The SMILES string of the molecule is CC(C)(C)NCc1cnc(C2CCC(C(C)(C)C)CC2)[nH]1. The van der Waals surface area contributed by atoms with Gasteiger partial charge in [0.2, 0.25) is 0 Å². The summed E-state index contributed by atoms with van der Waals surface area (Å²) >= 11 is 0. The molecule has 2 N–H and O–H groups in total. The van der Waals surface area contributed by atoms with E-state index in [1.54, 1.807) is 0 Å². The molecule has 21 heavy (non-hydrogen) atoms. The van der Waals surface area contributed by atoms with Crippen molar-refractivity contribution in [2.45, 2.75) is 85.2 Å². The number of nitrogens with one attached hydrogen (secondary N) is 2. The molecule has 2 rings (SSSR count). The van der Waals surface area contributed by atoms with E-state index in [9.17, 15) is 0 Å². The third-order valence-electron chi connectivity index (χ3n) is 4.80. The van der Waals surface area contributed by atoms with Crippen LogP contribution in [0.3, 0.4) is 0 Å². The van der Waals surface area contributed by atoms with Crippen LogP contribution >= 0.6 is 0 Å². The van der Waals surface area contributed by atoms with E-state index in [0.717, 1.165) is 12.5 Å². The van der Waals surface area contributed by atoms with Gasteiger partial charge in [0.05, 0.1) is 0 Å². The molecule has 0 saturated heterocycles. The fourth-order valence-corrected chi connectivity index (χ4v) is 3.27. The second-order valence-corrected chi connectivity index (χ2v) is 8.81. The van der Waals surface area contributed by atoms with Gasteiger partial charge in [-0.3, -0.25) is 0 Å². The highest BCUT2D eigenvalue weighted by molar-refractivity contribution is 5.07. The molecule has 1 fully saturated rings. The third-order valence-corrected chi connectivity index (χ3v) is 4.80. The van der Waals surface area contributed by atoms with Crippen LogP contribution < -0.4 is 5.32 Å². The summed E-state index contributed by atoms with van der Waals surface area (Å²) in [5.41, 5.74) is 1.81. The van der Waals surface area contributed by atoms with Crippen molar-refractivity contribution in [2.24, 2.45) is 11.3 Å². The van der Waals surface area contributed by atoms with Gasteiger partial charge in [-0.05, 0) is 57.8 Å². The average molecular weight is 291 g/mol. The second kappa shape index (κ2) is 6.12. The minimum absolute atomic E-state index is 0.149. The first-order valence-electron chi connectivity index (χ1n) is 8.44. The Kier molecular flexibility index (Phi) is 4.82. The maximum absolute atomic E-state index is 4.63. The van der Waals surface area contributed by atoms with E-state index in [0.29, 0.717) is 11.3 Å². The van der Waals surface area contributed by atoms with Crippen LogP contribution in [-0.2, 0) is 6.54 Å². The number of aromatic amines is 1. The van der Waals surface area contributed by atoms with Gasteiger partial charge in [-0.2, -0.15) is 0 Å². The number of imidazole rings is 1. The highest BCUT2D eigenvalue weighted by Gasteiger charge is 2.31. The Morgan fingerprint density at radius 3 is 2.24 bits per heavy atom. The van der Waals surface area contributed by atoms with Gasteiger partial charge < -0.3 is 10.3 Å². The monoisotopic (exact) mass is 291 g/mol. The largest absolute Gasteiger partial charge is 0.345 e. The number of nitrogens with zero attached hydrogens (tertiary/aromatic N) is 1. The molecule has 1 saturated carbocycles. The number of H-pyrrole nitrogens is 1. The Hall–Kier alpha value is -0.830. The molecule has 0 bridgehead atoms. The molecule has 0 spiro atoms. The van der Waals surface area contributed by atoms with Crippen LogP contribution in [0.1, 0.15) is 84.7 Å². The third kappa shape index (κ3) is 4.84. The highest BCUT2D eigenvalue weighted by atomic mass is 15.0. The number of rotatable bonds is 3. The molecule has 1 aromatic rings. The van der Waals surface area contributed by atoms with Crippen molar-refractivity contribution in [2.75, 3.05) is 0 Å². The number of hydrogen-bond acceptors (Lipinski definition) is 2. The molecule has 0 atom stereocenters. The Morgan fingerprint density at radius 2 is 1.71 bits per heavy atom. The quantitative estimate of drug-likeness (QED) is 0.853. The van der Waals surface area contributed by atoms with Gasteiger partial charge in [-0.15, -0.1) is 0 Å². The summed E-state index contributed by atoms with van der Waals surface area (Å²) in [6, 6.07) is 0. The standard InChI is InChI=1S/C18H33N3/c1-17(2,3)14-9-7-13(8-10-14)16-19-11-15(21-16)12-20-18(4,5)6/h11,13-14,20H,7-10,12H2,1-6H3,(H,19,21). The van der Waals surface area contributed by atoms with Crippen molar-refractivity contribution >= 4 is 0 Å². The van der Waals surface area contributed by atoms with Gasteiger partial charge in [-0.25, -0.2) is 4.98 Å². The van der Waals surface area contributed by atoms with Gasteiger partial charge in [0.25, 0.3) is 0 Å². The Labute approximate surface area is 130 Å². The zero-order chi connectivity index (χ0) is 15.7. The second-order valence-electron chi connectivity index (χ2n) is 8.81. The fraction of sp³-hybridized carbons (Fsp3) is 0.833. The van der Waals surface area contributed by atoms with Crippen LogP contribution in [0.2, 0.25) is 0 Å². The first kappa shape index (κ1) is 16.5. The van der Waals surface area contributed by atoms with E-state index in [4.69, 9.17) is 0 Å². The molecule has 0 aromatic carbocycles. The topological polar surface area (TPSA) is 40.7 Å². The maximum atomic E-state index is 4.63. The van der Waals surface area contributed by atoms with Crippen LogP contribution in [0.15, 0.2) is 6.20 Å². The molecule has 0 unspecified atom stereocenters. The number of aromatic nitrogens is 2. The summed E-state index contributed by atoms with van der Waals surface area (Å²) in [5, 5.41) is 3.51. The van der Waals surface area contributed by atoms with Crippen molar-refractivity contribution < 1.29 is 0 Å².